The van der Waals surface area contributed by atoms with Crippen molar-refractivity contribution in [2.75, 3.05) is 46.3 Å². The van der Waals surface area contributed by atoms with Gasteiger partial charge in [0.05, 0.1) is 50.6 Å². The Hall–Kier alpha value is -2.64. The molecule has 3 rings (SSSR count). The van der Waals surface area contributed by atoms with Crippen LogP contribution in [-0.2, 0) is 0 Å². The van der Waals surface area contributed by atoms with E-state index in [9.17, 15) is 4.79 Å². The smallest absolute Gasteiger partial charge is 0.263 e. The predicted octanol–water partition coefficient (Wildman–Crippen LogP) is 2.49. The number of carbonyl (C=O) groups excluding carboxylic acids is 1. The molecule has 6 nitrogen and oxygen atoms in total. The summed E-state index contributed by atoms with van der Waals surface area (Å²) in [4.78, 5) is 21.3. The minimum absolute atomic E-state index is 0.136. The van der Waals surface area contributed by atoms with Crippen molar-refractivity contribution in [3.8, 4) is 11.5 Å². The maximum Gasteiger partial charge on any atom is 0.263 e. The highest BCUT2D eigenvalue weighted by atomic mass is 32.1. The largest absolute Gasteiger partial charge is 0.493 e. The average molecular weight is 401 g/mol. The van der Waals surface area contributed by atoms with Crippen LogP contribution in [0.15, 0.2) is 42.5 Å². The lowest BCUT2D eigenvalue weighted by Crippen LogP contribution is -3.05. The number of rotatable bonds is 8. The number of nitrogens with zero attached hydrogens (tertiary/aromatic N) is 2. The van der Waals surface area contributed by atoms with Crippen molar-refractivity contribution in [3.05, 3.63) is 48.0 Å². The lowest BCUT2D eigenvalue weighted by atomic mass is 10.1. The molecule has 1 amide bonds. The Morgan fingerprint density at radius 2 is 1.89 bits per heavy atom. The molecule has 1 N–H and O–H groups in total. The molecule has 0 atom stereocenters. The van der Waals surface area contributed by atoms with Crippen molar-refractivity contribution in [1.29, 1.82) is 0 Å². The number of benzene rings is 2. The summed E-state index contributed by atoms with van der Waals surface area (Å²) in [5.74, 6) is 0.846. The molecule has 1 aromatic heterocycles. The van der Waals surface area contributed by atoms with Crippen LogP contribution in [0.25, 0.3) is 10.2 Å². The van der Waals surface area contributed by atoms with Crippen LogP contribution in [0.4, 0.5) is 5.13 Å². The van der Waals surface area contributed by atoms with Gasteiger partial charge < -0.3 is 14.4 Å². The third-order valence-corrected chi connectivity index (χ3v) is 5.51. The van der Waals surface area contributed by atoms with Gasteiger partial charge in [0, 0.05) is 13.0 Å². The third kappa shape index (κ3) is 4.26. The number of hydrogen-bond donors (Lipinski definition) is 1. The topological polar surface area (TPSA) is 56.1 Å². The van der Waals surface area contributed by atoms with Crippen LogP contribution in [-0.4, -0.2) is 52.3 Å². The number of hydrogen-bond acceptors (Lipinski definition) is 5. The van der Waals surface area contributed by atoms with E-state index in [-0.39, 0.29) is 5.91 Å². The van der Waals surface area contributed by atoms with Crippen molar-refractivity contribution in [2.45, 2.75) is 6.42 Å². The van der Waals surface area contributed by atoms with Gasteiger partial charge in [-0.3, -0.25) is 9.69 Å². The second-order valence-corrected chi connectivity index (χ2v) is 7.78. The fourth-order valence-electron chi connectivity index (χ4n) is 3.05. The molecule has 0 fully saturated rings. The van der Waals surface area contributed by atoms with Crippen molar-refractivity contribution < 1.29 is 19.2 Å². The van der Waals surface area contributed by atoms with E-state index in [1.165, 1.54) is 16.2 Å². The lowest BCUT2D eigenvalue weighted by Gasteiger charge is -2.22. The Morgan fingerprint density at radius 1 is 1.11 bits per heavy atom. The van der Waals surface area contributed by atoms with Gasteiger partial charge in [-0.1, -0.05) is 29.5 Å². The predicted molar refractivity (Wildman–Crippen MR) is 113 cm³/mol. The number of methoxy groups -OCH3 is 2. The number of quaternary nitrogens is 1. The molecule has 0 aliphatic carbocycles. The molecule has 0 radical (unpaired) electrons. The monoisotopic (exact) mass is 400 g/mol. The minimum Gasteiger partial charge on any atom is -0.493 e. The molecule has 1 heterocycles. The molecule has 28 heavy (non-hydrogen) atoms. The number of amides is 1. The summed E-state index contributed by atoms with van der Waals surface area (Å²) >= 11 is 1.53. The summed E-state index contributed by atoms with van der Waals surface area (Å²) in [6.45, 7) is 1.55. The minimum atomic E-state index is -0.136. The van der Waals surface area contributed by atoms with E-state index in [0.717, 1.165) is 23.2 Å². The van der Waals surface area contributed by atoms with Gasteiger partial charge >= 0.3 is 0 Å². The fourth-order valence-corrected chi connectivity index (χ4v) is 4.04. The van der Waals surface area contributed by atoms with Gasteiger partial charge in [-0.25, -0.2) is 4.98 Å². The number of anilines is 1. The molecular formula is C21H26N3O3S+. The molecule has 0 bridgehead atoms. The van der Waals surface area contributed by atoms with Gasteiger partial charge in [0.1, 0.15) is 0 Å². The highest BCUT2D eigenvalue weighted by molar-refractivity contribution is 7.22. The van der Waals surface area contributed by atoms with Gasteiger partial charge in [-0.2, -0.15) is 0 Å². The maximum atomic E-state index is 13.5. The SMILES string of the molecule is COc1cccc(C(=O)N(CCC[NH+](C)C)c2nc3ccccc3s2)c1OC. The van der Waals surface area contributed by atoms with E-state index in [1.807, 2.05) is 24.3 Å². The van der Waals surface area contributed by atoms with Crippen molar-refractivity contribution >= 4 is 32.6 Å². The molecular weight excluding hydrogens is 374 g/mol. The molecule has 0 saturated heterocycles. The van der Waals surface area contributed by atoms with Crippen LogP contribution >= 0.6 is 11.3 Å². The molecule has 0 spiro atoms. The van der Waals surface area contributed by atoms with Gasteiger partial charge in [0.15, 0.2) is 16.6 Å². The first kappa shape index (κ1) is 20.1. The normalized spacial score (nSPS) is 11.0. The van der Waals surface area contributed by atoms with Crippen molar-refractivity contribution in [2.24, 2.45) is 0 Å². The van der Waals surface area contributed by atoms with E-state index >= 15 is 0 Å². The highest BCUT2D eigenvalue weighted by Gasteiger charge is 2.25. The zero-order valence-electron chi connectivity index (χ0n) is 16.7. The number of fused-ring (bicyclic) bond motifs is 1. The summed E-state index contributed by atoms with van der Waals surface area (Å²) < 4.78 is 11.9. The number of thiazole rings is 1. The quantitative estimate of drug-likeness (QED) is 0.631. The van der Waals surface area contributed by atoms with E-state index in [2.05, 4.69) is 14.1 Å². The Kier molecular flexibility index (Phi) is 6.49. The highest BCUT2D eigenvalue weighted by Crippen LogP contribution is 2.34. The van der Waals surface area contributed by atoms with Crippen LogP contribution < -0.4 is 19.3 Å². The van der Waals surface area contributed by atoms with Crippen molar-refractivity contribution in [1.82, 2.24) is 4.98 Å². The van der Waals surface area contributed by atoms with E-state index in [4.69, 9.17) is 14.5 Å². The molecule has 0 saturated carbocycles. The first-order valence-electron chi connectivity index (χ1n) is 9.22. The summed E-state index contributed by atoms with van der Waals surface area (Å²) in [7, 11) is 7.33. The third-order valence-electron chi connectivity index (χ3n) is 4.45. The van der Waals surface area contributed by atoms with Crippen LogP contribution in [0.3, 0.4) is 0 Å². The molecule has 0 unspecified atom stereocenters. The van der Waals surface area contributed by atoms with Gasteiger partial charge in [0.2, 0.25) is 0 Å². The molecule has 2 aromatic carbocycles. The molecule has 0 aliphatic rings. The van der Waals surface area contributed by atoms with Crippen molar-refractivity contribution in [3.63, 3.8) is 0 Å². The number of aromatic nitrogens is 1. The van der Waals surface area contributed by atoms with Crippen LogP contribution in [0.5, 0.6) is 11.5 Å². The Balaban J connectivity index is 1.99. The molecule has 148 valence electrons. The Morgan fingerprint density at radius 3 is 2.57 bits per heavy atom. The second kappa shape index (κ2) is 9.03. The van der Waals surface area contributed by atoms with Gasteiger partial charge in [-0.05, 0) is 24.3 Å². The lowest BCUT2D eigenvalue weighted by molar-refractivity contribution is -0.858. The fraction of sp³-hybridized carbons (Fsp3) is 0.333. The molecule has 0 aliphatic heterocycles. The zero-order chi connectivity index (χ0) is 20.1. The summed E-state index contributed by atoms with van der Waals surface area (Å²) in [5, 5.41) is 0.699. The van der Waals surface area contributed by atoms with Crippen LogP contribution in [0, 0.1) is 0 Å². The zero-order valence-corrected chi connectivity index (χ0v) is 17.5. The second-order valence-electron chi connectivity index (χ2n) is 6.77. The van der Waals surface area contributed by atoms with Gasteiger partial charge in [-0.15, -0.1) is 0 Å². The summed E-state index contributed by atoms with van der Waals surface area (Å²) in [6.07, 6.45) is 0.871. The standard InChI is InChI=1S/C21H25N3O3S/c1-23(2)13-8-14-24(21-22-16-10-5-6-12-18(16)28-21)20(25)15-9-7-11-17(26-3)19(15)27-4/h5-7,9-12H,8,13-14H2,1-4H3/p+1. The maximum absolute atomic E-state index is 13.5. The van der Waals surface area contributed by atoms with Crippen LogP contribution in [0.2, 0.25) is 0 Å². The Labute approximate surface area is 169 Å². The summed E-state index contributed by atoms with van der Waals surface area (Å²) in [5.41, 5.74) is 1.37. The van der Waals surface area contributed by atoms with E-state index < -0.39 is 0 Å². The van der Waals surface area contributed by atoms with E-state index in [1.54, 1.807) is 37.3 Å². The molecule has 3 aromatic rings. The van der Waals surface area contributed by atoms with Gasteiger partial charge in [0.25, 0.3) is 5.91 Å². The number of ether oxygens (including phenoxy) is 2. The average Bonchev–Trinajstić information content (AvgIpc) is 3.13. The van der Waals surface area contributed by atoms with Crippen LogP contribution in [0.1, 0.15) is 16.8 Å². The Bertz CT molecular complexity index is 922. The van der Waals surface area contributed by atoms with E-state index in [0.29, 0.717) is 28.7 Å². The summed E-state index contributed by atoms with van der Waals surface area (Å²) in [6, 6.07) is 13.3. The number of para-hydroxylation sites is 2. The first-order valence-corrected chi connectivity index (χ1v) is 10.0. The first-order chi connectivity index (χ1) is 13.5. The number of carbonyl (C=O) groups is 1. The number of nitrogens with one attached hydrogen (secondary N) is 1. The molecule has 7 heteroatoms.